The number of pyridine rings is 1. The van der Waals surface area contributed by atoms with E-state index in [1.165, 1.54) is 12.8 Å². The molecule has 0 spiro atoms. The molecule has 1 aromatic rings. The van der Waals surface area contributed by atoms with Crippen LogP contribution in [0.4, 0.5) is 11.6 Å². The lowest BCUT2D eigenvalue weighted by atomic mass is 9.89. The minimum Gasteiger partial charge on any atom is -0.355 e. The van der Waals surface area contributed by atoms with Crippen molar-refractivity contribution in [1.82, 2.24) is 4.98 Å². The van der Waals surface area contributed by atoms with Gasteiger partial charge in [0.05, 0.1) is 10.0 Å². The summed E-state index contributed by atoms with van der Waals surface area (Å²) >= 11 is 12.3. The van der Waals surface area contributed by atoms with Crippen LogP contribution in [0.15, 0.2) is 6.07 Å². The molecule has 0 amide bonds. The van der Waals surface area contributed by atoms with Crippen LogP contribution in [0.2, 0.25) is 10.0 Å². The van der Waals surface area contributed by atoms with Crippen molar-refractivity contribution >= 4 is 34.8 Å². The lowest BCUT2D eigenvalue weighted by Gasteiger charge is -2.24. The van der Waals surface area contributed by atoms with Gasteiger partial charge in [0.25, 0.3) is 0 Å². The molecule has 4 nitrogen and oxygen atoms in total. The van der Waals surface area contributed by atoms with Crippen molar-refractivity contribution in [3.05, 3.63) is 16.1 Å². The van der Waals surface area contributed by atoms with Crippen LogP contribution < -0.4 is 16.2 Å². The Labute approximate surface area is 130 Å². The maximum atomic E-state index is 6.29. The zero-order valence-corrected chi connectivity index (χ0v) is 13.5. The molecule has 2 heterocycles. The molecule has 1 aliphatic rings. The third kappa shape index (κ3) is 3.48. The monoisotopic (exact) mass is 316 g/mol. The number of hydrogen-bond donors (Lipinski definition) is 2. The number of nitrogen functional groups attached to an aromatic ring is 1. The lowest BCUT2D eigenvalue weighted by molar-refractivity contribution is 0.351. The molecule has 1 aliphatic heterocycles. The number of nitrogens with one attached hydrogen (secondary N) is 1. The zero-order chi connectivity index (χ0) is 14.7. The van der Waals surface area contributed by atoms with E-state index in [2.05, 4.69) is 29.2 Å². The van der Waals surface area contributed by atoms with Crippen molar-refractivity contribution in [3.8, 4) is 0 Å². The van der Waals surface area contributed by atoms with Crippen molar-refractivity contribution in [3.63, 3.8) is 0 Å². The first-order valence-corrected chi connectivity index (χ1v) is 7.86. The number of rotatable bonds is 3. The number of nitrogens with two attached hydrogens (primary N) is 1. The second kappa shape index (κ2) is 6.83. The van der Waals surface area contributed by atoms with E-state index in [0.717, 1.165) is 37.2 Å². The van der Waals surface area contributed by atoms with Crippen molar-refractivity contribution in [1.29, 1.82) is 0 Å². The maximum absolute atomic E-state index is 6.29. The molecule has 1 unspecified atom stereocenters. The van der Waals surface area contributed by atoms with Gasteiger partial charge in [0.15, 0.2) is 5.82 Å². The van der Waals surface area contributed by atoms with Gasteiger partial charge in [-0.05, 0) is 37.2 Å². The zero-order valence-electron chi connectivity index (χ0n) is 12.0. The van der Waals surface area contributed by atoms with E-state index < -0.39 is 0 Å². The molecule has 0 saturated carbocycles. The molecule has 1 atom stereocenters. The van der Waals surface area contributed by atoms with Crippen molar-refractivity contribution in [2.45, 2.75) is 33.1 Å². The summed E-state index contributed by atoms with van der Waals surface area (Å²) in [6.07, 6.45) is 3.60. The van der Waals surface area contributed by atoms with Gasteiger partial charge < -0.3 is 10.3 Å². The van der Waals surface area contributed by atoms with Crippen LogP contribution in [0.25, 0.3) is 0 Å². The third-order valence-corrected chi connectivity index (χ3v) is 4.63. The summed E-state index contributed by atoms with van der Waals surface area (Å²) in [5.74, 6) is 8.18. The highest BCUT2D eigenvalue weighted by Crippen LogP contribution is 2.33. The van der Waals surface area contributed by atoms with Crippen LogP contribution in [0, 0.1) is 11.8 Å². The van der Waals surface area contributed by atoms with E-state index in [1.807, 2.05) is 0 Å². The van der Waals surface area contributed by atoms with Crippen LogP contribution in [0.3, 0.4) is 0 Å². The molecule has 3 N–H and O–H groups in total. The standard InChI is InChI=1S/C14H22Cl2N4/c1-9(2)10-4-3-6-20(7-5-10)14-12(16)8-11(15)13(18-14)19-17/h8-10H,3-7,17H2,1-2H3,(H,18,19). The van der Waals surface area contributed by atoms with E-state index in [4.69, 9.17) is 29.0 Å². The van der Waals surface area contributed by atoms with E-state index >= 15 is 0 Å². The first-order valence-electron chi connectivity index (χ1n) is 7.10. The highest BCUT2D eigenvalue weighted by molar-refractivity contribution is 6.37. The number of hydrogen-bond acceptors (Lipinski definition) is 4. The van der Waals surface area contributed by atoms with Crippen molar-refractivity contribution < 1.29 is 0 Å². The Bertz CT molecular complexity index is 465. The quantitative estimate of drug-likeness (QED) is 0.655. The van der Waals surface area contributed by atoms with Gasteiger partial charge in [0.2, 0.25) is 0 Å². The summed E-state index contributed by atoms with van der Waals surface area (Å²) < 4.78 is 0. The second-order valence-corrected chi connectivity index (χ2v) is 6.51. The van der Waals surface area contributed by atoms with Crippen LogP contribution >= 0.6 is 23.2 Å². The minimum atomic E-state index is 0.441. The topological polar surface area (TPSA) is 54.2 Å². The summed E-state index contributed by atoms with van der Waals surface area (Å²) in [6, 6.07) is 1.70. The Morgan fingerprint density at radius 2 is 2.05 bits per heavy atom. The largest absolute Gasteiger partial charge is 0.355 e. The van der Waals surface area contributed by atoms with Crippen LogP contribution in [-0.4, -0.2) is 18.1 Å². The van der Waals surface area contributed by atoms with Gasteiger partial charge in [0, 0.05) is 13.1 Å². The number of nitrogens with zero attached hydrogens (tertiary/aromatic N) is 2. The first kappa shape index (κ1) is 15.7. The summed E-state index contributed by atoms with van der Waals surface area (Å²) in [5, 5.41) is 1.02. The number of anilines is 2. The molecule has 20 heavy (non-hydrogen) atoms. The molecule has 112 valence electrons. The fourth-order valence-electron chi connectivity index (χ4n) is 2.78. The van der Waals surface area contributed by atoms with Crippen LogP contribution in [0.1, 0.15) is 33.1 Å². The van der Waals surface area contributed by atoms with Gasteiger partial charge in [0.1, 0.15) is 5.82 Å². The molecular formula is C14H22Cl2N4. The normalized spacial score (nSPS) is 20.1. The minimum absolute atomic E-state index is 0.441. The van der Waals surface area contributed by atoms with Gasteiger partial charge >= 0.3 is 0 Å². The van der Waals surface area contributed by atoms with Crippen molar-refractivity contribution in [2.75, 3.05) is 23.4 Å². The Kier molecular flexibility index (Phi) is 5.35. The Morgan fingerprint density at radius 1 is 1.30 bits per heavy atom. The van der Waals surface area contributed by atoms with Gasteiger partial charge in [-0.2, -0.15) is 0 Å². The first-order chi connectivity index (χ1) is 9.52. The fourth-order valence-corrected chi connectivity index (χ4v) is 3.31. The lowest BCUT2D eigenvalue weighted by Crippen LogP contribution is -2.26. The van der Waals surface area contributed by atoms with E-state index in [0.29, 0.717) is 15.9 Å². The molecule has 6 heteroatoms. The molecule has 0 radical (unpaired) electrons. The summed E-state index contributed by atoms with van der Waals surface area (Å²) in [4.78, 5) is 6.69. The molecule has 0 bridgehead atoms. The number of aromatic nitrogens is 1. The average molecular weight is 317 g/mol. The van der Waals surface area contributed by atoms with Gasteiger partial charge in [-0.1, -0.05) is 37.0 Å². The Balaban J connectivity index is 2.19. The van der Waals surface area contributed by atoms with E-state index in [-0.39, 0.29) is 0 Å². The van der Waals surface area contributed by atoms with Gasteiger partial charge in [-0.25, -0.2) is 10.8 Å². The SMILES string of the molecule is CC(C)C1CCCN(c2nc(NN)c(Cl)cc2Cl)CC1. The predicted molar refractivity (Wildman–Crippen MR) is 86.5 cm³/mol. The maximum Gasteiger partial charge on any atom is 0.161 e. The molecule has 0 aliphatic carbocycles. The fraction of sp³-hybridized carbons (Fsp3) is 0.643. The molecule has 1 saturated heterocycles. The third-order valence-electron chi connectivity index (χ3n) is 4.06. The van der Waals surface area contributed by atoms with Crippen LogP contribution in [0.5, 0.6) is 0 Å². The summed E-state index contributed by atoms with van der Waals surface area (Å²) in [7, 11) is 0. The smallest absolute Gasteiger partial charge is 0.161 e. The highest BCUT2D eigenvalue weighted by atomic mass is 35.5. The van der Waals surface area contributed by atoms with E-state index in [9.17, 15) is 0 Å². The predicted octanol–water partition coefficient (Wildman–Crippen LogP) is 3.94. The highest BCUT2D eigenvalue weighted by Gasteiger charge is 2.22. The van der Waals surface area contributed by atoms with Crippen LogP contribution in [-0.2, 0) is 0 Å². The second-order valence-electron chi connectivity index (χ2n) is 5.69. The number of hydrazine groups is 1. The summed E-state index contributed by atoms with van der Waals surface area (Å²) in [5.41, 5.74) is 2.52. The Morgan fingerprint density at radius 3 is 2.70 bits per heavy atom. The average Bonchev–Trinajstić information content (AvgIpc) is 2.65. The Hall–Kier alpha value is -0.710. The molecule has 0 aromatic carbocycles. The molecule has 1 fully saturated rings. The van der Waals surface area contributed by atoms with Gasteiger partial charge in [-0.15, -0.1) is 0 Å². The molecule has 1 aromatic heterocycles. The van der Waals surface area contributed by atoms with E-state index in [1.54, 1.807) is 6.07 Å². The van der Waals surface area contributed by atoms with Gasteiger partial charge in [-0.3, -0.25) is 0 Å². The summed E-state index contributed by atoms with van der Waals surface area (Å²) in [6.45, 7) is 6.54. The molecular weight excluding hydrogens is 295 g/mol. The van der Waals surface area contributed by atoms with Crippen molar-refractivity contribution in [2.24, 2.45) is 17.7 Å². The molecule has 2 rings (SSSR count). The number of halogens is 2.